The average molecular weight is 397 g/mol. The third kappa shape index (κ3) is 3.68. The number of anilines is 2. The molecule has 4 N–H and O–H groups in total. The first kappa shape index (κ1) is 18.7. The topological polar surface area (TPSA) is 94.5 Å². The molecule has 0 radical (unpaired) electrons. The van der Waals surface area contributed by atoms with Gasteiger partial charge in [-0.2, -0.15) is 0 Å². The summed E-state index contributed by atoms with van der Waals surface area (Å²) in [6, 6.07) is 8.26. The largest absolute Gasteiger partial charge is 0.488 e. The lowest BCUT2D eigenvalue weighted by Crippen LogP contribution is -2.39. The van der Waals surface area contributed by atoms with Crippen LogP contribution in [0.15, 0.2) is 36.7 Å². The molecule has 0 aliphatic carbocycles. The van der Waals surface area contributed by atoms with Crippen molar-refractivity contribution in [3.63, 3.8) is 0 Å². The SMILES string of the molecule is CC(=O)c1sc2cc(N3CCC(N)CC3)cc(OCc3ccncc3)c2c1N. The summed E-state index contributed by atoms with van der Waals surface area (Å²) in [4.78, 5) is 19.0. The van der Waals surface area contributed by atoms with Crippen molar-refractivity contribution < 1.29 is 9.53 Å². The minimum Gasteiger partial charge on any atom is -0.488 e. The van der Waals surface area contributed by atoms with Crippen LogP contribution in [0.25, 0.3) is 10.1 Å². The normalized spacial score (nSPS) is 15.1. The van der Waals surface area contributed by atoms with E-state index in [0.29, 0.717) is 22.9 Å². The van der Waals surface area contributed by atoms with Crippen molar-refractivity contribution >= 4 is 38.6 Å². The molecule has 28 heavy (non-hydrogen) atoms. The predicted octanol–water partition coefficient (Wildman–Crippen LogP) is 3.59. The number of ketones is 1. The molecule has 3 heterocycles. The van der Waals surface area contributed by atoms with Gasteiger partial charge < -0.3 is 21.1 Å². The maximum absolute atomic E-state index is 12.0. The first-order valence-electron chi connectivity index (χ1n) is 9.42. The van der Waals surface area contributed by atoms with Gasteiger partial charge in [0.15, 0.2) is 5.78 Å². The van der Waals surface area contributed by atoms with Crippen LogP contribution in [0.3, 0.4) is 0 Å². The fourth-order valence-corrected chi connectivity index (χ4v) is 4.62. The van der Waals surface area contributed by atoms with Crippen LogP contribution in [0.2, 0.25) is 0 Å². The van der Waals surface area contributed by atoms with Gasteiger partial charge in [0.1, 0.15) is 12.4 Å². The van der Waals surface area contributed by atoms with Crippen LogP contribution < -0.4 is 21.1 Å². The number of ether oxygens (including phenoxy) is 1. The predicted molar refractivity (Wildman–Crippen MR) is 114 cm³/mol. The Kier molecular flexibility index (Phi) is 5.19. The highest BCUT2D eigenvalue weighted by atomic mass is 32.1. The Labute approximate surface area is 168 Å². The van der Waals surface area contributed by atoms with E-state index in [-0.39, 0.29) is 11.8 Å². The van der Waals surface area contributed by atoms with Gasteiger partial charge >= 0.3 is 0 Å². The lowest BCUT2D eigenvalue weighted by atomic mass is 10.0. The van der Waals surface area contributed by atoms with Crippen molar-refractivity contribution in [3.05, 3.63) is 47.1 Å². The quantitative estimate of drug-likeness (QED) is 0.640. The fraction of sp³-hybridized carbons (Fsp3) is 0.333. The zero-order chi connectivity index (χ0) is 19.7. The van der Waals surface area contributed by atoms with Gasteiger partial charge in [0.05, 0.1) is 16.0 Å². The molecule has 0 amide bonds. The minimum atomic E-state index is -0.0238. The summed E-state index contributed by atoms with van der Waals surface area (Å²) in [6.45, 7) is 3.79. The van der Waals surface area contributed by atoms with Crippen molar-refractivity contribution in [2.24, 2.45) is 5.73 Å². The number of rotatable bonds is 5. The first-order valence-corrected chi connectivity index (χ1v) is 10.2. The fourth-order valence-electron chi connectivity index (χ4n) is 3.56. The molecule has 0 bridgehead atoms. The van der Waals surface area contributed by atoms with Crippen LogP contribution in [0.4, 0.5) is 11.4 Å². The third-order valence-corrected chi connectivity index (χ3v) is 6.40. The van der Waals surface area contributed by atoms with Gasteiger partial charge in [-0.1, -0.05) is 0 Å². The molecule has 1 aromatic carbocycles. The standard InChI is InChI=1S/C21H24N4O2S/c1-13(26)21-20(23)19-17(27-12-14-2-6-24-7-3-14)10-16(11-18(19)28-21)25-8-4-15(22)5-9-25/h2-3,6-7,10-11,15H,4-5,8-9,12,22-23H2,1H3. The van der Waals surface area contributed by atoms with E-state index < -0.39 is 0 Å². The average Bonchev–Trinajstić information content (AvgIpc) is 3.04. The highest BCUT2D eigenvalue weighted by Crippen LogP contribution is 2.43. The van der Waals surface area contributed by atoms with E-state index in [2.05, 4.69) is 16.0 Å². The van der Waals surface area contributed by atoms with Crippen molar-refractivity contribution in [1.29, 1.82) is 0 Å². The number of nitrogens with two attached hydrogens (primary N) is 2. The van der Waals surface area contributed by atoms with E-state index >= 15 is 0 Å². The Hall–Kier alpha value is -2.64. The summed E-state index contributed by atoms with van der Waals surface area (Å²) in [5.41, 5.74) is 15.0. The number of carbonyl (C=O) groups excluding carboxylic acids is 1. The van der Waals surface area contributed by atoms with Gasteiger partial charge in [-0.25, -0.2) is 0 Å². The summed E-state index contributed by atoms with van der Waals surface area (Å²) in [6.07, 6.45) is 5.43. The van der Waals surface area contributed by atoms with Crippen LogP contribution in [0, 0.1) is 0 Å². The molecule has 3 aromatic rings. The maximum Gasteiger partial charge on any atom is 0.171 e. The Morgan fingerprint density at radius 3 is 2.68 bits per heavy atom. The number of Topliss-reactive ketones (excluding diaryl/α,β-unsaturated/α-hetero) is 1. The number of fused-ring (bicyclic) bond motifs is 1. The molecule has 1 aliphatic heterocycles. The molecule has 0 atom stereocenters. The van der Waals surface area contributed by atoms with E-state index in [1.807, 2.05) is 18.2 Å². The number of hydrogen-bond acceptors (Lipinski definition) is 7. The van der Waals surface area contributed by atoms with E-state index in [0.717, 1.165) is 47.3 Å². The van der Waals surface area contributed by atoms with Crippen LogP contribution in [-0.2, 0) is 6.61 Å². The number of pyridine rings is 1. The molecule has 2 aromatic heterocycles. The van der Waals surface area contributed by atoms with Crippen LogP contribution in [0.5, 0.6) is 5.75 Å². The highest BCUT2D eigenvalue weighted by molar-refractivity contribution is 7.21. The van der Waals surface area contributed by atoms with Crippen LogP contribution in [0.1, 0.15) is 35.0 Å². The Morgan fingerprint density at radius 2 is 2.00 bits per heavy atom. The van der Waals surface area contributed by atoms with Crippen LogP contribution in [-0.4, -0.2) is 29.9 Å². The molecule has 1 aliphatic rings. The van der Waals surface area contributed by atoms with E-state index in [4.69, 9.17) is 16.2 Å². The second-order valence-electron chi connectivity index (χ2n) is 7.19. The number of carbonyl (C=O) groups is 1. The Bertz CT molecular complexity index is 995. The van der Waals surface area contributed by atoms with Crippen molar-refractivity contribution in [3.8, 4) is 5.75 Å². The number of aromatic nitrogens is 1. The molecule has 7 heteroatoms. The molecule has 0 saturated carbocycles. The zero-order valence-electron chi connectivity index (χ0n) is 15.9. The van der Waals surface area contributed by atoms with Gasteiger partial charge in [0.2, 0.25) is 0 Å². The third-order valence-electron chi connectivity index (χ3n) is 5.14. The smallest absolute Gasteiger partial charge is 0.171 e. The molecule has 6 nitrogen and oxygen atoms in total. The number of hydrogen-bond donors (Lipinski definition) is 2. The van der Waals surface area contributed by atoms with Crippen molar-refractivity contribution in [2.75, 3.05) is 23.7 Å². The monoisotopic (exact) mass is 396 g/mol. The summed E-state index contributed by atoms with van der Waals surface area (Å²) in [5.74, 6) is 0.685. The maximum atomic E-state index is 12.0. The van der Waals surface area contributed by atoms with E-state index in [1.165, 1.54) is 11.3 Å². The van der Waals surface area contributed by atoms with Gasteiger partial charge in [0.25, 0.3) is 0 Å². The number of nitrogens with zero attached hydrogens (tertiary/aromatic N) is 2. The molecule has 0 unspecified atom stereocenters. The number of piperidine rings is 1. The van der Waals surface area contributed by atoms with Crippen molar-refractivity contribution in [2.45, 2.75) is 32.4 Å². The summed E-state index contributed by atoms with van der Waals surface area (Å²) in [5, 5.41) is 0.821. The summed E-state index contributed by atoms with van der Waals surface area (Å²) in [7, 11) is 0. The number of nitrogen functional groups attached to an aromatic ring is 1. The summed E-state index contributed by atoms with van der Waals surface area (Å²) >= 11 is 1.43. The van der Waals surface area contributed by atoms with Crippen LogP contribution >= 0.6 is 11.3 Å². The number of benzene rings is 1. The van der Waals surface area contributed by atoms with Gasteiger partial charge in [-0.15, -0.1) is 11.3 Å². The molecule has 4 rings (SSSR count). The number of thiophene rings is 1. The van der Waals surface area contributed by atoms with Crippen molar-refractivity contribution in [1.82, 2.24) is 4.98 Å². The first-order chi connectivity index (χ1) is 13.5. The molecule has 1 saturated heterocycles. The van der Waals surface area contributed by atoms with Gasteiger partial charge in [-0.3, -0.25) is 9.78 Å². The lowest BCUT2D eigenvalue weighted by Gasteiger charge is -2.32. The Morgan fingerprint density at radius 1 is 1.29 bits per heavy atom. The molecule has 0 spiro atoms. The Balaban J connectivity index is 1.74. The van der Waals surface area contributed by atoms with E-state index in [1.54, 1.807) is 19.3 Å². The minimum absolute atomic E-state index is 0.0238. The zero-order valence-corrected chi connectivity index (χ0v) is 16.7. The van der Waals surface area contributed by atoms with E-state index in [9.17, 15) is 4.79 Å². The molecule has 146 valence electrons. The lowest BCUT2D eigenvalue weighted by molar-refractivity contribution is 0.102. The molecule has 1 fully saturated rings. The highest BCUT2D eigenvalue weighted by Gasteiger charge is 2.22. The molecular weight excluding hydrogens is 372 g/mol. The van der Waals surface area contributed by atoms with Gasteiger partial charge in [-0.05, 0) is 36.6 Å². The molecular formula is C21H24N4O2S. The second-order valence-corrected chi connectivity index (χ2v) is 8.24. The van der Waals surface area contributed by atoms with Gasteiger partial charge in [0, 0.05) is 54.9 Å². The second kappa shape index (κ2) is 7.77. The summed E-state index contributed by atoms with van der Waals surface area (Å²) < 4.78 is 7.14.